The van der Waals surface area contributed by atoms with Crippen molar-refractivity contribution in [2.45, 2.75) is 39.3 Å². The van der Waals surface area contributed by atoms with Crippen LogP contribution in [0.4, 0.5) is 0 Å². The second-order valence-electron chi connectivity index (χ2n) is 7.29. The molecule has 1 aromatic carbocycles. The Morgan fingerprint density at radius 1 is 1.16 bits per heavy atom. The van der Waals surface area contributed by atoms with Gasteiger partial charge in [-0.3, -0.25) is 9.69 Å². The highest BCUT2D eigenvalue weighted by Gasteiger charge is 2.31. The quantitative estimate of drug-likeness (QED) is 0.757. The fraction of sp³-hybridized carbons (Fsp3) is 0.650. The zero-order chi connectivity index (χ0) is 18.4. The van der Waals surface area contributed by atoms with Gasteiger partial charge in [-0.15, -0.1) is 0 Å². The summed E-state index contributed by atoms with van der Waals surface area (Å²) < 4.78 is 5.46. The molecule has 1 aromatic rings. The molecule has 1 saturated heterocycles. The summed E-state index contributed by atoms with van der Waals surface area (Å²) in [5, 5.41) is 0. The molecule has 2 unspecified atom stereocenters. The lowest BCUT2D eigenvalue weighted by Crippen LogP contribution is -2.59. The van der Waals surface area contributed by atoms with Crippen molar-refractivity contribution in [1.82, 2.24) is 14.7 Å². The number of hydrogen-bond acceptors (Lipinski definition) is 4. The molecule has 5 heteroatoms. The van der Waals surface area contributed by atoms with E-state index in [1.807, 2.05) is 36.1 Å². The van der Waals surface area contributed by atoms with Crippen LogP contribution in [0.25, 0.3) is 0 Å². The van der Waals surface area contributed by atoms with Crippen LogP contribution in [0, 0.1) is 0 Å². The maximum Gasteiger partial charge on any atom is 0.227 e. The zero-order valence-electron chi connectivity index (χ0n) is 16.4. The van der Waals surface area contributed by atoms with Crippen LogP contribution in [-0.4, -0.2) is 79.6 Å². The first-order valence-corrected chi connectivity index (χ1v) is 9.30. The van der Waals surface area contributed by atoms with Crippen LogP contribution in [0.1, 0.15) is 26.3 Å². The predicted octanol–water partition coefficient (Wildman–Crippen LogP) is 2.11. The molecule has 2 rings (SSSR count). The number of rotatable bonds is 7. The molecule has 0 saturated carbocycles. The maximum atomic E-state index is 12.7. The minimum absolute atomic E-state index is 0.218. The van der Waals surface area contributed by atoms with Crippen LogP contribution >= 0.6 is 0 Å². The summed E-state index contributed by atoms with van der Waals surface area (Å²) in [4.78, 5) is 19.5. The van der Waals surface area contributed by atoms with E-state index in [0.717, 1.165) is 37.5 Å². The van der Waals surface area contributed by atoms with Gasteiger partial charge in [-0.2, -0.15) is 0 Å². The number of ether oxygens (including phenoxy) is 1. The van der Waals surface area contributed by atoms with Crippen molar-refractivity contribution in [3.8, 4) is 5.75 Å². The third-order valence-corrected chi connectivity index (χ3v) is 4.85. The SMILES string of the molecule is CCOc1ccc(CC(=O)N2CC(C)N(CCN(C)C)C(C)C2)cc1. The molecule has 1 aliphatic heterocycles. The Hall–Kier alpha value is -1.59. The summed E-state index contributed by atoms with van der Waals surface area (Å²) in [6, 6.07) is 8.65. The van der Waals surface area contributed by atoms with E-state index in [2.05, 4.69) is 37.7 Å². The number of amides is 1. The van der Waals surface area contributed by atoms with Crippen LogP contribution in [0.5, 0.6) is 5.75 Å². The van der Waals surface area contributed by atoms with E-state index in [-0.39, 0.29) is 5.91 Å². The molecule has 0 N–H and O–H groups in total. The molecule has 1 fully saturated rings. The number of carbonyl (C=O) groups is 1. The van der Waals surface area contributed by atoms with E-state index in [1.165, 1.54) is 0 Å². The fourth-order valence-corrected chi connectivity index (χ4v) is 3.47. The maximum absolute atomic E-state index is 12.7. The van der Waals surface area contributed by atoms with Crippen LogP contribution in [-0.2, 0) is 11.2 Å². The van der Waals surface area contributed by atoms with Gasteiger partial charge in [0.05, 0.1) is 13.0 Å². The molecule has 0 spiro atoms. The number of nitrogens with zero attached hydrogens (tertiary/aromatic N) is 3. The molecular formula is C20H33N3O2. The van der Waals surface area contributed by atoms with Crippen molar-refractivity contribution in [3.05, 3.63) is 29.8 Å². The van der Waals surface area contributed by atoms with E-state index in [9.17, 15) is 4.79 Å². The molecule has 1 aliphatic rings. The molecule has 140 valence electrons. The van der Waals surface area contributed by atoms with Crippen molar-refractivity contribution in [2.75, 3.05) is 46.9 Å². The van der Waals surface area contributed by atoms with Gasteiger partial charge in [0.2, 0.25) is 5.91 Å². The van der Waals surface area contributed by atoms with Crippen molar-refractivity contribution in [1.29, 1.82) is 0 Å². The van der Waals surface area contributed by atoms with Crippen LogP contribution in [0.15, 0.2) is 24.3 Å². The number of likely N-dealkylation sites (N-methyl/N-ethyl adjacent to an activating group) is 1. The van der Waals surface area contributed by atoms with Gasteiger partial charge in [0.15, 0.2) is 0 Å². The Morgan fingerprint density at radius 3 is 2.28 bits per heavy atom. The van der Waals surface area contributed by atoms with E-state index in [0.29, 0.717) is 25.1 Å². The molecule has 25 heavy (non-hydrogen) atoms. The summed E-state index contributed by atoms with van der Waals surface area (Å²) in [6.07, 6.45) is 0.462. The largest absolute Gasteiger partial charge is 0.494 e. The second-order valence-corrected chi connectivity index (χ2v) is 7.29. The molecule has 0 aliphatic carbocycles. The van der Waals surface area contributed by atoms with Gasteiger partial charge >= 0.3 is 0 Å². The predicted molar refractivity (Wildman–Crippen MR) is 102 cm³/mol. The summed E-state index contributed by atoms with van der Waals surface area (Å²) >= 11 is 0. The first-order valence-electron chi connectivity index (χ1n) is 9.30. The van der Waals surface area contributed by atoms with Gasteiger partial charge in [-0.1, -0.05) is 12.1 Å². The first-order chi connectivity index (χ1) is 11.9. The minimum atomic E-state index is 0.218. The highest BCUT2D eigenvalue weighted by Crippen LogP contribution is 2.18. The average Bonchev–Trinajstić information content (AvgIpc) is 2.55. The van der Waals surface area contributed by atoms with Gasteiger partial charge in [0.1, 0.15) is 5.75 Å². The van der Waals surface area contributed by atoms with E-state index in [1.54, 1.807) is 0 Å². The summed E-state index contributed by atoms with van der Waals surface area (Å²) in [6.45, 7) is 10.8. The fourth-order valence-electron chi connectivity index (χ4n) is 3.47. The molecule has 0 aromatic heterocycles. The van der Waals surface area contributed by atoms with Gasteiger partial charge in [-0.25, -0.2) is 0 Å². The van der Waals surface area contributed by atoms with Crippen molar-refractivity contribution < 1.29 is 9.53 Å². The lowest BCUT2D eigenvalue weighted by atomic mass is 10.1. The molecule has 0 bridgehead atoms. The van der Waals surface area contributed by atoms with Crippen LogP contribution < -0.4 is 4.74 Å². The topological polar surface area (TPSA) is 36.0 Å². The monoisotopic (exact) mass is 347 g/mol. The van der Waals surface area contributed by atoms with Crippen molar-refractivity contribution >= 4 is 5.91 Å². The van der Waals surface area contributed by atoms with Gasteiger partial charge in [0, 0.05) is 38.3 Å². The summed E-state index contributed by atoms with van der Waals surface area (Å²) in [5.74, 6) is 1.07. The molecular weight excluding hydrogens is 314 g/mol. The molecule has 0 radical (unpaired) electrons. The Balaban J connectivity index is 1.90. The Labute approximate surface area is 152 Å². The molecule has 2 atom stereocenters. The summed E-state index contributed by atoms with van der Waals surface area (Å²) in [5.41, 5.74) is 1.05. The third-order valence-electron chi connectivity index (χ3n) is 4.85. The van der Waals surface area contributed by atoms with Crippen molar-refractivity contribution in [3.63, 3.8) is 0 Å². The number of piperazine rings is 1. The minimum Gasteiger partial charge on any atom is -0.494 e. The van der Waals surface area contributed by atoms with Gasteiger partial charge < -0.3 is 14.5 Å². The normalized spacial score (nSPS) is 21.6. The highest BCUT2D eigenvalue weighted by molar-refractivity contribution is 5.79. The number of benzene rings is 1. The highest BCUT2D eigenvalue weighted by atomic mass is 16.5. The van der Waals surface area contributed by atoms with E-state index < -0.39 is 0 Å². The zero-order valence-corrected chi connectivity index (χ0v) is 16.4. The van der Waals surface area contributed by atoms with E-state index >= 15 is 0 Å². The molecule has 5 nitrogen and oxygen atoms in total. The van der Waals surface area contributed by atoms with Crippen LogP contribution in [0.3, 0.4) is 0 Å². The summed E-state index contributed by atoms with van der Waals surface area (Å²) in [7, 11) is 4.21. The Morgan fingerprint density at radius 2 is 1.76 bits per heavy atom. The first kappa shape index (κ1) is 19.7. The van der Waals surface area contributed by atoms with Gasteiger partial charge in [0.25, 0.3) is 0 Å². The third kappa shape index (κ3) is 5.72. The number of hydrogen-bond donors (Lipinski definition) is 0. The standard InChI is InChI=1S/C20H33N3O2/c1-6-25-19-9-7-18(8-10-19)13-20(24)22-14-16(2)23(17(3)15-22)12-11-21(4)5/h7-10,16-17H,6,11-15H2,1-5H3. The smallest absolute Gasteiger partial charge is 0.227 e. The Bertz CT molecular complexity index is 532. The number of carbonyl (C=O) groups excluding carboxylic acids is 1. The lowest BCUT2D eigenvalue weighted by Gasteiger charge is -2.45. The second kappa shape index (κ2) is 9.20. The average molecular weight is 348 g/mol. The Kier molecular flexibility index (Phi) is 7.26. The molecule has 1 amide bonds. The van der Waals surface area contributed by atoms with Gasteiger partial charge in [-0.05, 0) is 52.6 Å². The van der Waals surface area contributed by atoms with E-state index in [4.69, 9.17) is 4.74 Å². The van der Waals surface area contributed by atoms with Crippen LogP contribution in [0.2, 0.25) is 0 Å². The lowest BCUT2D eigenvalue weighted by molar-refractivity contribution is -0.134. The molecule has 1 heterocycles. The van der Waals surface area contributed by atoms with Crippen molar-refractivity contribution in [2.24, 2.45) is 0 Å².